The van der Waals surface area contributed by atoms with Gasteiger partial charge in [-0.3, -0.25) is 0 Å². The molecule has 0 spiro atoms. The van der Waals surface area contributed by atoms with E-state index in [1.807, 2.05) is 39.0 Å². The van der Waals surface area contributed by atoms with Gasteiger partial charge in [-0.1, -0.05) is 12.2 Å². The Morgan fingerprint density at radius 3 is 2.56 bits per heavy atom. The third kappa shape index (κ3) is 2.48. The molecule has 0 aliphatic rings. The van der Waals surface area contributed by atoms with Crippen molar-refractivity contribution in [3.63, 3.8) is 0 Å². The van der Waals surface area contributed by atoms with Gasteiger partial charge in [0.05, 0.1) is 23.1 Å². The molecule has 18 heavy (non-hydrogen) atoms. The van der Waals surface area contributed by atoms with Crippen molar-refractivity contribution in [2.24, 2.45) is 0 Å². The molecule has 0 bridgehead atoms. The van der Waals surface area contributed by atoms with Crippen molar-refractivity contribution in [1.29, 1.82) is 0 Å². The molecule has 0 amide bonds. The predicted molar refractivity (Wildman–Crippen MR) is 74.1 cm³/mol. The van der Waals surface area contributed by atoms with Crippen LogP contribution in [0.5, 0.6) is 11.5 Å². The maximum atomic E-state index is 5.68. The quantitative estimate of drug-likeness (QED) is 0.775. The average molecular weight is 264 g/mol. The molecular weight excluding hydrogens is 248 g/mol. The Kier molecular flexibility index (Phi) is 3.57. The summed E-state index contributed by atoms with van der Waals surface area (Å²) in [6.45, 7) is 5.82. The molecule has 0 aliphatic heterocycles. The van der Waals surface area contributed by atoms with Gasteiger partial charge in [0.1, 0.15) is 22.8 Å². The number of hydrogen-bond donors (Lipinski definition) is 0. The van der Waals surface area contributed by atoms with Crippen molar-refractivity contribution in [2.75, 3.05) is 7.11 Å². The summed E-state index contributed by atoms with van der Waals surface area (Å²) < 4.78 is 17.4. The predicted octanol–water partition coefficient (Wildman–Crippen LogP) is 4.27. The fourth-order valence-corrected chi connectivity index (χ4v) is 2.22. The van der Waals surface area contributed by atoms with Crippen LogP contribution in [0.4, 0.5) is 0 Å². The summed E-state index contributed by atoms with van der Waals surface area (Å²) in [6.07, 6.45) is 0.0972. The van der Waals surface area contributed by atoms with Gasteiger partial charge in [-0.25, -0.2) is 0 Å². The van der Waals surface area contributed by atoms with Crippen LogP contribution in [0.25, 0.3) is 11.0 Å². The second-order valence-corrected chi connectivity index (χ2v) is 4.83. The van der Waals surface area contributed by atoms with Gasteiger partial charge in [-0.2, -0.15) is 0 Å². The van der Waals surface area contributed by atoms with E-state index < -0.39 is 0 Å². The van der Waals surface area contributed by atoms with E-state index in [0.29, 0.717) is 11.3 Å². The summed E-state index contributed by atoms with van der Waals surface area (Å²) in [4.78, 5) is 0. The molecule has 1 heterocycles. The third-order valence-electron chi connectivity index (χ3n) is 2.48. The van der Waals surface area contributed by atoms with Crippen LogP contribution >= 0.6 is 12.2 Å². The highest BCUT2D eigenvalue weighted by Gasteiger charge is 2.10. The van der Waals surface area contributed by atoms with E-state index >= 15 is 0 Å². The monoisotopic (exact) mass is 264 g/mol. The van der Waals surface area contributed by atoms with Gasteiger partial charge in [0.25, 0.3) is 0 Å². The second-order valence-electron chi connectivity index (χ2n) is 4.39. The molecule has 1 aromatic heterocycles. The van der Waals surface area contributed by atoms with Crippen LogP contribution in [0.15, 0.2) is 22.6 Å². The maximum absolute atomic E-state index is 5.68. The maximum Gasteiger partial charge on any atom is 0.143 e. The first kappa shape index (κ1) is 12.9. The van der Waals surface area contributed by atoms with Crippen molar-refractivity contribution in [3.8, 4) is 11.5 Å². The molecule has 2 aromatic rings. The minimum absolute atomic E-state index is 0.0972. The van der Waals surface area contributed by atoms with Crippen LogP contribution in [0.3, 0.4) is 0 Å². The normalized spacial score (nSPS) is 10.9. The van der Waals surface area contributed by atoms with Gasteiger partial charge in [-0.15, -0.1) is 0 Å². The Morgan fingerprint density at radius 1 is 1.22 bits per heavy atom. The highest BCUT2D eigenvalue weighted by Crippen LogP contribution is 2.33. The summed E-state index contributed by atoms with van der Waals surface area (Å²) >= 11 is 5.35. The number of methoxy groups -OCH3 is 1. The lowest BCUT2D eigenvalue weighted by molar-refractivity contribution is 0.241. The summed E-state index contributed by atoms with van der Waals surface area (Å²) in [5.74, 6) is 2.17. The highest BCUT2D eigenvalue weighted by molar-refractivity contribution is 7.71. The van der Waals surface area contributed by atoms with E-state index in [4.69, 9.17) is 26.1 Å². The highest BCUT2D eigenvalue weighted by atomic mass is 32.1. The lowest BCUT2D eigenvalue weighted by Crippen LogP contribution is -2.05. The van der Waals surface area contributed by atoms with Crippen LogP contribution in [0.1, 0.15) is 19.6 Å². The number of fused-ring (bicyclic) bond motifs is 1. The molecule has 3 nitrogen and oxygen atoms in total. The summed E-state index contributed by atoms with van der Waals surface area (Å²) in [6, 6.07) is 5.51. The first-order chi connectivity index (χ1) is 8.51. The van der Waals surface area contributed by atoms with Crippen molar-refractivity contribution in [3.05, 3.63) is 28.5 Å². The van der Waals surface area contributed by atoms with Crippen LogP contribution in [-0.2, 0) is 0 Å². The lowest BCUT2D eigenvalue weighted by atomic mass is 10.2. The Bertz CT molecular complexity index is 629. The molecule has 2 rings (SSSR count). The molecule has 1 aromatic carbocycles. The summed E-state index contributed by atoms with van der Waals surface area (Å²) in [5, 5.41) is 0.814. The van der Waals surface area contributed by atoms with Gasteiger partial charge >= 0.3 is 0 Å². The minimum Gasteiger partial charge on any atom is -0.496 e. The van der Waals surface area contributed by atoms with Gasteiger partial charge < -0.3 is 13.9 Å². The Hall–Kier alpha value is -1.55. The number of aryl methyl sites for hydroxylation is 1. The van der Waals surface area contributed by atoms with Gasteiger partial charge in [0.2, 0.25) is 0 Å². The van der Waals surface area contributed by atoms with E-state index in [1.54, 1.807) is 7.11 Å². The molecule has 0 fully saturated rings. The zero-order valence-corrected chi connectivity index (χ0v) is 11.8. The SMILES string of the molecule is COc1cc(OC(C)C)cc2oc(C)cc(=S)c12. The van der Waals surface area contributed by atoms with Gasteiger partial charge in [-0.05, 0) is 26.8 Å². The Labute approximate surface area is 111 Å². The van der Waals surface area contributed by atoms with E-state index in [2.05, 4.69) is 0 Å². The molecule has 0 saturated heterocycles. The zero-order chi connectivity index (χ0) is 13.3. The van der Waals surface area contributed by atoms with Crippen LogP contribution in [-0.4, -0.2) is 13.2 Å². The van der Waals surface area contributed by atoms with E-state index in [-0.39, 0.29) is 6.10 Å². The molecule has 96 valence electrons. The van der Waals surface area contributed by atoms with Crippen LogP contribution < -0.4 is 9.47 Å². The van der Waals surface area contributed by atoms with Gasteiger partial charge in [0.15, 0.2) is 0 Å². The molecule has 0 N–H and O–H groups in total. The van der Waals surface area contributed by atoms with Crippen LogP contribution in [0, 0.1) is 11.4 Å². The topological polar surface area (TPSA) is 31.6 Å². The Morgan fingerprint density at radius 2 is 1.94 bits per heavy atom. The number of ether oxygens (including phenoxy) is 2. The zero-order valence-electron chi connectivity index (χ0n) is 10.9. The minimum atomic E-state index is 0.0972. The Balaban J connectivity index is 2.71. The standard InChI is InChI=1S/C14H16O3S/c1-8(2)16-10-6-11(15-4)14-12(7-10)17-9(3)5-13(14)18/h5-8H,1-4H3. The molecule has 4 heteroatoms. The first-order valence-corrected chi connectivity index (χ1v) is 6.21. The molecule has 0 radical (unpaired) electrons. The number of hydrogen-bond acceptors (Lipinski definition) is 4. The average Bonchev–Trinajstić information content (AvgIpc) is 2.25. The van der Waals surface area contributed by atoms with Crippen LogP contribution in [0.2, 0.25) is 0 Å². The third-order valence-corrected chi connectivity index (χ3v) is 2.80. The molecule has 0 saturated carbocycles. The van der Waals surface area contributed by atoms with Crippen molar-refractivity contribution in [2.45, 2.75) is 26.9 Å². The molecular formula is C14H16O3S. The van der Waals surface area contributed by atoms with Crippen molar-refractivity contribution in [1.82, 2.24) is 0 Å². The summed E-state index contributed by atoms with van der Waals surface area (Å²) in [5.41, 5.74) is 0.690. The fraction of sp³-hybridized carbons (Fsp3) is 0.357. The second kappa shape index (κ2) is 4.98. The van der Waals surface area contributed by atoms with E-state index in [9.17, 15) is 0 Å². The van der Waals surface area contributed by atoms with Crippen molar-refractivity contribution >= 4 is 23.2 Å². The molecule has 0 unspecified atom stereocenters. The smallest absolute Gasteiger partial charge is 0.143 e. The van der Waals surface area contributed by atoms with Gasteiger partial charge in [0, 0.05) is 12.1 Å². The first-order valence-electron chi connectivity index (χ1n) is 5.80. The number of rotatable bonds is 3. The van der Waals surface area contributed by atoms with E-state index in [0.717, 1.165) is 21.4 Å². The number of benzene rings is 1. The van der Waals surface area contributed by atoms with Crippen molar-refractivity contribution < 1.29 is 13.9 Å². The molecule has 0 atom stereocenters. The largest absolute Gasteiger partial charge is 0.496 e. The summed E-state index contributed by atoms with van der Waals surface area (Å²) in [7, 11) is 1.61. The molecule has 0 aliphatic carbocycles. The van der Waals surface area contributed by atoms with E-state index in [1.165, 1.54) is 0 Å². The fourth-order valence-electron chi connectivity index (χ4n) is 1.85. The lowest BCUT2D eigenvalue weighted by Gasteiger charge is -2.13.